The summed E-state index contributed by atoms with van der Waals surface area (Å²) in [6.45, 7) is 3.76. The first-order valence-corrected chi connectivity index (χ1v) is 13.2. The first-order valence-electron chi connectivity index (χ1n) is 13.2. The Kier molecular flexibility index (Phi) is 12.8. The van der Waals surface area contributed by atoms with Gasteiger partial charge in [-0.25, -0.2) is 0 Å². The molecule has 202 valence electrons. The van der Waals surface area contributed by atoms with Gasteiger partial charge in [-0.15, -0.1) is 0 Å². The molecule has 8 heteroatoms. The van der Waals surface area contributed by atoms with E-state index in [-0.39, 0.29) is 6.42 Å². The van der Waals surface area contributed by atoms with Crippen molar-refractivity contribution >= 4 is 0 Å². The monoisotopic (exact) mass is 503 g/mol. The molecule has 0 bridgehead atoms. The maximum absolute atomic E-state index is 13.3. The molecule has 2 unspecified atom stereocenters. The number of aryl methyl sites for hydroxylation is 1. The first-order chi connectivity index (χ1) is 16.7. The van der Waals surface area contributed by atoms with Crippen molar-refractivity contribution in [3.8, 4) is 5.75 Å². The fraction of sp³-hybridized carbons (Fsp3) is 0.778. The van der Waals surface area contributed by atoms with Crippen LogP contribution in [0.15, 0.2) is 18.2 Å². The van der Waals surface area contributed by atoms with E-state index in [9.17, 15) is 23.4 Å². The Labute approximate surface area is 208 Å². The van der Waals surface area contributed by atoms with Gasteiger partial charge >= 0.3 is 6.18 Å². The molecule has 1 aromatic carbocycles. The number of ether oxygens (including phenoxy) is 2. The van der Waals surface area contributed by atoms with Crippen LogP contribution in [-0.4, -0.2) is 60.4 Å². The number of alkyl halides is 3. The average Bonchev–Trinajstić information content (AvgIpc) is 2.97. The molecule has 0 amide bonds. The number of nitrogens with zero attached hydrogens (tertiary/aromatic N) is 1. The van der Waals surface area contributed by atoms with E-state index < -0.39 is 31.1 Å². The Bertz CT molecular complexity index is 731. The number of hydrogen-bond acceptors (Lipinski definition) is 5. The fourth-order valence-electron chi connectivity index (χ4n) is 4.50. The molecule has 0 saturated heterocycles. The number of hydrogen-bond donors (Lipinski definition) is 2. The standard InChI is InChI=1S/C27H44F3NO4/c1-3-4-5-6-7-8-9-10-11-12-17-31(2)18-19-34-23-14-13-22-15-16-26(33,27(28,29)30)35-25(21-32)24(22)20-23/h13-14,20,25,32-33H,3-12,15-19,21H2,1-2H3. The van der Waals surface area contributed by atoms with Gasteiger partial charge in [0, 0.05) is 13.0 Å². The van der Waals surface area contributed by atoms with Crippen LogP contribution >= 0.6 is 0 Å². The van der Waals surface area contributed by atoms with Gasteiger partial charge in [-0.05, 0) is 49.7 Å². The van der Waals surface area contributed by atoms with Gasteiger partial charge in [0.05, 0.1) is 6.61 Å². The van der Waals surface area contributed by atoms with E-state index in [1.807, 2.05) is 0 Å². The molecule has 1 aliphatic heterocycles. The first kappa shape index (κ1) is 29.9. The molecular weight excluding hydrogens is 459 g/mol. The van der Waals surface area contributed by atoms with Gasteiger partial charge in [0.25, 0.3) is 5.79 Å². The predicted octanol–water partition coefficient (Wildman–Crippen LogP) is 6.17. The van der Waals surface area contributed by atoms with E-state index in [4.69, 9.17) is 9.47 Å². The second-order valence-corrected chi connectivity index (χ2v) is 9.77. The summed E-state index contributed by atoms with van der Waals surface area (Å²) >= 11 is 0. The molecule has 5 nitrogen and oxygen atoms in total. The molecule has 2 N–H and O–H groups in total. The van der Waals surface area contributed by atoms with E-state index >= 15 is 0 Å². The third kappa shape index (κ3) is 9.90. The van der Waals surface area contributed by atoms with Crippen LogP contribution in [0.4, 0.5) is 13.2 Å². The molecule has 0 radical (unpaired) electrons. The van der Waals surface area contributed by atoms with Crippen molar-refractivity contribution in [3.05, 3.63) is 29.3 Å². The van der Waals surface area contributed by atoms with Crippen molar-refractivity contribution in [1.29, 1.82) is 0 Å². The summed E-state index contributed by atoms with van der Waals surface area (Å²) in [7, 11) is 2.06. The third-order valence-corrected chi connectivity index (χ3v) is 6.78. The lowest BCUT2D eigenvalue weighted by atomic mass is 9.98. The highest BCUT2D eigenvalue weighted by Crippen LogP contribution is 2.42. The summed E-state index contributed by atoms with van der Waals surface area (Å²) in [6, 6.07) is 5.01. The minimum absolute atomic E-state index is 0.0102. The zero-order valence-electron chi connectivity index (χ0n) is 21.4. The Morgan fingerprint density at radius 2 is 1.66 bits per heavy atom. The number of rotatable bonds is 16. The van der Waals surface area contributed by atoms with Crippen LogP contribution in [0.2, 0.25) is 0 Å². The Hall–Kier alpha value is -1.35. The lowest BCUT2D eigenvalue weighted by Gasteiger charge is -2.31. The zero-order chi connectivity index (χ0) is 25.7. The molecule has 0 aliphatic carbocycles. The Morgan fingerprint density at radius 3 is 2.26 bits per heavy atom. The number of unbranched alkanes of at least 4 members (excludes halogenated alkanes) is 9. The van der Waals surface area contributed by atoms with Crippen molar-refractivity contribution in [2.75, 3.05) is 33.4 Å². The molecule has 2 atom stereocenters. The lowest BCUT2D eigenvalue weighted by molar-refractivity contribution is -0.380. The van der Waals surface area contributed by atoms with Gasteiger partial charge in [-0.1, -0.05) is 70.8 Å². The van der Waals surface area contributed by atoms with E-state index in [0.29, 0.717) is 23.5 Å². The SMILES string of the molecule is CCCCCCCCCCCCN(C)CCOc1ccc2c(c1)C(CO)OC(O)(C(F)(F)F)CC2. The van der Waals surface area contributed by atoms with E-state index in [0.717, 1.165) is 19.5 Å². The number of aliphatic hydroxyl groups is 2. The Morgan fingerprint density at radius 1 is 1.03 bits per heavy atom. The molecule has 0 saturated carbocycles. The minimum Gasteiger partial charge on any atom is -0.492 e. The highest BCUT2D eigenvalue weighted by molar-refractivity contribution is 5.38. The molecule has 1 aliphatic rings. The van der Waals surface area contributed by atoms with Crippen molar-refractivity contribution < 1.29 is 32.9 Å². The van der Waals surface area contributed by atoms with Gasteiger partial charge in [0.1, 0.15) is 18.5 Å². The highest BCUT2D eigenvalue weighted by atomic mass is 19.4. The highest BCUT2D eigenvalue weighted by Gasteiger charge is 2.57. The maximum atomic E-state index is 13.3. The summed E-state index contributed by atoms with van der Waals surface area (Å²) in [4.78, 5) is 2.22. The van der Waals surface area contributed by atoms with Crippen LogP contribution in [0.3, 0.4) is 0 Å². The zero-order valence-corrected chi connectivity index (χ0v) is 21.4. The summed E-state index contributed by atoms with van der Waals surface area (Å²) < 4.78 is 50.7. The number of benzene rings is 1. The second kappa shape index (κ2) is 15.0. The van der Waals surface area contributed by atoms with Crippen LogP contribution in [0.25, 0.3) is 0 Å². The molecule has 35 heavy (non-hydrogen) atoms. The lowest BCUT2D eigenvalue weighted by Crippen LogP contribution is -2.48. The molecule has 0 spiro atoms. The number of fused-ring (bicyclic) bond motifs is 1. The molecule has 1 heterocycles. The van der Waals surface area contributed by atoms with Gasteiger partial charge in [-0.2, -0.15) is 13.2 Å². The van der Waals surface area contributed by atoms with Crippen LogP contribution in [0.5, 0.6) is 5.75 Å². The van der Waals surface area contributed by atoms with Crippen LogP contribution < -0.4 is 4.74 Å². The number of likely N-dealkylation sites (N-methyl/N-ethyl adjacent to an activating group) is 1. The van der Waals surface area contributed by atoms with E-state index in [1.165, 1.54) is 57.8 Å². The van der Waals surface area contributed by atoms with Crippen molar-refractivity contribution in [1.82, 2.24) is 4.90 Å². The van der Waals surface area contributed by atoms with Crippen molar-refractivity contribution in [3.63, 3.8) is 0 Å². The second-order valence-electron chi connectivity index (χ2n) is 9.77. The topological polar surface area (TPSA) is 62.2 Å². The summed E-state index contributed by atoms with van der Waals surface area (Å²) in [5, 5.41) is 19.7. The number of halogens is 3. The van der Waals surface area contributed by atoms with Gasteiger partial charge in [-0.3, -0.25) is 0 Å². The molecule has 0 fully saturated rings. The van der Waals surface area contributed by atoms with Crippen LogP contribution in [0, 0.1) is 0 Å². The summed E-state index contributed by atoms with van der Waals surface area (Å²) in [6.07, 6.45) is 6.21. The van der Waals surface area contributed by atoms with Crippen LogP contribution in [0.1, 0.15) is 94.8 Å². The molecule has 1 aromatic rings. The third-order valence-electron chi connectivity index (χ3n) is 6.78. The maximum Gasteiger partial charge on any atom is 0.443 e. The van der Waals surface area contributed by atoms with E-state index in [2.05, 4.69) is 18.9 Å². The molecule has 0 aromatic heterocycles. The average molecular weight is 504 g/mol. The van der Waals surface area contributed by atoms with Gasteiger partial charge in [0.2, 0.25) is 0 Å². The quantitative estimate of drug-likeness (QED) is 0.264. The van der Waals surface area contributed by atoms with Gasteiger partial charge < -0.3 is 24.6 Å². The van der Waals surface area contributed by atoms with Crippen molar-refractivity contribution in [2.45, 2.75) is 102 Å². The predicted molar refractivity (Wildman–Crippen MR) is 132 cm³/mol. The smallest absolute Gasteiger partial charge is 0.443 e. The molecular formula is C27H44F3NO4. The van der Waals surface area contributed by atoms with Crippen molar-refractivity contribution in [2.24, 2.45) is 0 Å². The van der Waals surface area contributed by atoms with E-state index in [1.54, 1.807) is 18.2 Å². The largest absolute Gasteiger partial charge is 0.492 e. The normalized spacial score (nSPS) is 20.6. The summed E-state index contributed by atoms with van der Waals surface area (Å²) in [5.74, 6) is -2.77. The fourth-order valence-corrected chi connectivity index (χ4v) is 4.50. The number of aliphatic hydroxyl groups excluding tert-OH is 1. The van der Waals surface area contributed by atoms with Gasteiger partial charge in [0.15, 0.2) is 0 Å². The Balaban J connectivity index is 1.70. The minimum atomic E-state index is -4.94. The summed E-state index contributed by atoms with van der Waals surface area (Å²) in [5.41, 5.74) is 1.03. The van der Waals surface area contributed by atoms with Crippen LogP contribution in [-0.2, 0) is 11.2 Å². The molecule has 2 rings (SSSR count).